The van der Waals surface area contributed by atoms with Crippen molar-refractivity contribution in [3.05, 3.63) is 0 Å². The summed E-state index contributed by atoms with van der Waals surface area (Å²) in [5.41, 5.74) is 0. The molecule has 1 aliphatic carbocycles. The Morgan fingerprint density at radius 1 is 1.44 bits per heavy atom. The van der Waals surface area contributed by atoms with Crippen LogP contribution in [0.1, 0.15) is 46.0 Å². The Bertz CT molecular complexity index is 218. The molecule has 0 spiro atoms. The summed E-state index contributed by atoms with van der Waals surface area (Å²) in [6.45, 7) is 6.39. The van der Waals surface area contributed by atoms with Gasteiger partial charge in [0, 0.05) is 12.6 Å². The number of rotatable bonds is 5. The van der Waals surface area contributed by atoms with Gasteiger partial charge < -0.3 is 9.64 Å². The minimum Gasteiger partial charge on any atom is -0.469 e. The molecule has 0 aromatic rings. The molecule has 2 atom stereocenters. The van der Waals surface area contributed by atoms with Crippen molar-refractivity contribution in [2.75, 3.05) is 20.2 Å². The summed E-state index contributed by atoms with van der Waals surface area (Å²) in [5.74, 6) is 0.744. The van der Waals surface area contributed by atoms with E-state index in [9.17, 15) is 4.79 Å². The highest BCUT2D eigenvalue weighted by atomic mass is 16.5. The molecule has 0 aromatic carbocycles. The van der Waals surface area contributed by atoms with E-state index in [4.69, 9.17) is 0 Å². The van der Waals surface area contributed by atoms with Crippen LogP contribution >= 0.6 is 0 Å². The van der Waals surface area contributed by atoms with Crippen molar-refractivity contribution >= 4 is 5.97 Å². The second-order valence-corrected chi connectivity index (χ2v) is 4.88. The van der Waals surface area contributed by atoms with Crippen molar-refractivity contribution in [2.24, 2.45) is 5.92 Å². The lowest BCUT2D eigenvalue weighted by Gasteiger charge is -2.35. The molecule has 1 fully saturated rings. The summed E-state index contributed by atoms with van der Waals surface area (Å²) in [7, 11) is 1.46. The lowest BCUT2D eigenvalue weighted by molar-refractivity contribution is -0.141. The number of ether oxygens (including phenoxy) is 1. The Kier molecular flexibility index (Phi) is 5.81. The third-order valence-corrected chi connectivity index (χ3v) is 3.66. The second-order valence-electron chi connectivity index (χ2n) is 4.88. The van der Waals surface area contributed by atoms with Gasteiger partial charge in [-0.05, 0) is 25.3 Å². The van der Waals surface area contributed by atoms with Gasteiger partial charge >= 0.3 is 5.97 Å². The lowest BCUT2D eigenvalue weighted by atomic mass is 9.86. The van der Waals surface area contributed by atoms with Crippen LogP contribution in [0.2, 0.25) is 0 Å². The second kappa shape index (κ2) is 6.89. The Hall–Kier alpha value is -0.570. The molecule has 1 rings (SSSR count). The number of carbonyl (C=O) groups is 1. The zero-order valence-corrected chi connectivity index (χ0v) is 10.9. The molecule has 3 nitrogen and oxygen atoms in total. The van der Waals surface area contributed by atoms with E-state index in [2.05, 4.69) is 23.5 Å². The molecule has 0 heterocycles. The van der Waals surface area contributed by atoms with Gasteiger partial charge in [0.15, 0.2) is 0 Å². The molecule has 0 bridgehead atoms. The highest BCUT2D eigenvalue weighted by Crippen LogP contribution is 2.27. The Balaban J connectivity index is 2.37. The van der Waals surface area contributed by atoms with Gasteiger partial charge in [-0.3, -0.25) is 4.79 Å². The molecule has 1 aliphatic rings. The van der Waals surface area contributed by atoms with Gasteiger partial charge in [0.05, 0.1) is 13.5 Å². The number of carbonyl (C=O) groups excluding carboxylic acids is 1. The van der Waals surface area contributed by atoms with Crippen LogP contribution in [0.15, 0.2) is 0 Å². The predicted octanol–water partition coefficient (Wildman–Crippen LogP) is 2.45. The number of methoxy groups -OCH3 is 1. The Labute approximate surface area is 99.1 Å². The molecule has 0 N–H and O–H groups in total. The lowest BCUT2D eigenvalue weighted by Crippen LogP contribution is -2.39. The van der Waals surface area contributed by atoms with E-state index >= 15 is 0 Å². The van der Waals surface area contributed by atoms with Gasteiger partial charge in [-0.1, -0.05) is 26.7 Å². The largest absolute Gasteiger partial charge is 0.469 e. The van der Waals surface area contributed by atoms with Crippen LogP contribution in [0, 0.1) is 5.92 Å². The van der Waals surface area contributed by atoms with Crippen molar-refractivity contribution in [3.8, 4) is 0 Å². The van der Waals surface area contributed by atoms with Crippen LogP contribution in [0.25, 0.3) is 0 Å². The van der Waals surface area contributed by atoms with Gasteiger partial charge in [0.25, 0.3) is 0 Å². The van der Waals surface area contributed by atoms with E-state index in [1.165, 1.54) is 32.8 Å². The Morgan fingerprint density at radius 3 is 2.75 bits per heavy atom. The van der Waals surface area contributed by atoms with E-state index < -0.39 is 0 Å². The fourth-order valence-electron chi connectivity index (χ4n) is 2.67. The molecule has 16 heavy (non-hydrogen) atoms. The van der Waals surface area contributed by atoms with E-state index in [-0.39, 0.29) is 5.97 Å². The first kappa shape index (κ1) is 13.5. The summed E-state index contributed by atoms with van der Waals surface area (Å²) in [6, 6.07) is 0.679. The Morgan fingerprint density at radius 2 is 2.19 bits per heavy atom. The fraction of sp³-hybridized carbons (Fsp3) is 0.923. The molecule has 1 saturated carbocycles. The minimum absolute atomic E-state index is 0.0951. The van der Waals surface area contributed by atoms with Crippen molar-refractivity contribution in [1.82, 2.24) is 4.90 Å². The molecule has 3 heteroatoms. The molecule has 94 valence electrons. The molecular weight excluding hydrogens is 202 g/mol. The normalized spacial score (nSPS) is 25.8. The van der Waals surface area contributed by atoms with Crippen LogP contribution in [0.3, 0.4) is 0 Å². The van der Waals surface area contributed by atoms with Crippen molar-refractivity contribution < 1.29 is 9.53 Å². The number of hydrogen-bond acceptors (Lipinski definition) is 3. The van der Waals surface area contributed by atoms with Crippen LogP contribution < -0.4 is 0 Å². The van der Waals surface area contributed by atoms with Crippen LogP contribution in [-0.4, -0.2) is 37.1 Å². The van der Waals surface area contributed by atoms with Crippen molar-refractivity contribution in [1.29, 1.82) is 0 Å². The van der Waals surface area contributed by atoms with E-state index in [0.717, 1.165) is 19.0 Å². The average Bonchev–Trinajstić information content (AvgIpc) is 2.29. The zero-order valence-electron chi connectivity index (χ0n) is 10.9. The summed E-state index contributed by atoms with van der Waals surface area (Å²) >= 11 is 0. The maximum absolute atomic E-state index is 11.1. The van der Waals surface area contributed by atoms with Crippen molar-refractivity contribution in [2.45, 2.75) is 52.0 Å². The first-order valence-corrected chi connectivity index (χ1v) is 6.48. The zero-order chi connectivity index (χ0) is 12.0. The van der Waals surface area contributed by atoms with Crippen molar-refractivity contribution in [3.63, 3.8) is 0 Å². The number of hydrogen-bond donors (Lipinski definition) is 0. The topological polar surface area (TPSA) is 29.5 Å². The monoisotopic (exact) mass is 227 g/mol. The van der Waals surface area contributed by atoms with E-state index in [0.29, 0.717) is 12.5 Å². The molecule has 0 amide bonds. The number of nitrogens with zero attached hydrogens (tertiary/aromatic N) is 1. The smallest absolute Gasteiger partial charge is 0.306 e. The molecular formula is C13H25NO2. The van der Waals surface area contributed by atoms with Gasteiger partial charge in [-0.15, -0.1) is 0 Å². The third kappa shape index (κ3) is 4.12. The van der Waals surface area contributed by atoms with Gasteiger partial charge in [-0.25, -0.2) is 0 Å². The molecule has 0 aliphatic heterocycles. The summed E-state index contributed by atoms with van der Waals surface area (Å²) < 4.78 is 4.69. The van der Waals surface area contributed by atoms with E-state index in [1.54, 1.807) is 0 Å². The molecule has 2 unspecified atom stereocenters. The van der Waals surface area contributed by atoms with Crippen LogP contribution in [0.5, 0.6) is 0 Å². The maximum atomic E-state index is 11.1. The molecule has 0 radical (unpaired) electrons. The minimum atomic E-state index is -0.0951. The third-order valence-electron chi connectivity index (χ3n) is 3.66. The standard InChI is InChI=1S/C13H25NO2/c1-4-14(9-8-13(15)16-3)12-7-5-6-11(2)10-12/h11-12H,4-10H2,1-3H3. The quantitative estimate of drug-likeness (QED) is 0.676. The van der Waals surface area contributed by atoms with Crippen LogP contribution in [0.4, 0.5) is 0 Å². The predicted molar refractivity (Wildman–Crippen MR) is 65.3 cm³/mol. The van der Waals surface area contributed by atoms with Gasteiger partial charge in [0.2, 0.25) is 0 Å². The first-order valence-electron chi connectivity index (χ1n) is 6.48. The highest BCUT2D eigenvalue weighted by Gasteiger charge is 2.23. The SMILES string of the molecule is CCN(CCC(=O)OC)C1CCCC(C)C1. The van der Waals surface area contributed by atoms with Gasteiger partial charge in [-0.2, -0.15) is 0 Å². The van der Waals surface area contributed by atoms with E-state index in [1.807, 2.05) is 0 Å². The molecule has 0 aromatic heterocycles. The van der Waals surface area contributed by atoms with Crippen LogP contribution in [-0.2, 0) is 9.53 Å². The molecule has 0 saturated heterocycles. The van der Waals surface area contributed by atoms with Gasteiger partial charge in [0.1, 0.15) is 0 Å². The average molecular weight is 227 g/mol. The maximum Gasteiger partial charge on any atom is 0.306 e. The fourth-order valence-corrected chi connectivity index (χ4v) is 2.67. The summed E-state index contributed by atoms with van der Waals surface area (Å²) in [4.78, 5) is 13.6. The highest BCUT2D eigenvalue weighted by molar-refractivity contribution is 5.69. The summed E-state index contributed by atoms with van der Waals surface area (Å²) in [5, 5.41) is 0. The first-order chi connectivity index (χ1) is 7.67. The summed E-state index contributed by atoms with van der Waals surface area (Å²) in [6.07, 6.45) is 5.80. The number of esters is 1.